The van der Waals surface area contributed by atoms with E-state index in [0.717, 1.165) is 37.2 Å². The average Bonchev–Trinajstić information content (AvgIpc) is 2.90. The lowest BCUT2D eigenvalue weighted by Crippen LogP contribution is -2.40. The summed E-state index contributed by atoms with van der Waals surface area (Å²) in [7, 11) is 0. The van der Waals surface area contributed by atoms with Crippen LogP contribution in [-0.4, -0.2) is 36.3 Å². The molecule has 0 radical (unpaired) electrons. The third kappa shape index (κ3) is 2.80. The lowest BCUT2D eigenvalue weighted by molar-refractivity contribution is -0.136. The molecule has 21 heavy (non-hydrogen) atoms. The van der Waals surface area contributed by atoms with Crippen molar-refractivity contribution in [3.63, 3.8) is 0 Å². The van der Waals surface area contributed by atoms with Crippen LogP contribution in [0.5, 0.6) is 0 Å². The summed E-state index contributed by atoms with van der Waals surface area (Å²) in [5, 5.41) is 0. The first-order chi connectivity index (χ1) is 10.2. The van der Waals surface area contributed by atoms with Crippen LogP contribution in [0.1, 0.15) is 31.2 Å². The van der Waals surface area contributed by atoms with Crippen LogP contribution in [0.15, 0.2) is 24.3 Å². The minimum Gasteiger partial charge on any atom is -0.342 e. The van der Waals surface area contributed by atoms with Gasteiger partial charge in [0.1, 0.15) is 0 Å². The van der Waals surface area contributed by atoms with E-state index in [9.17, 15) is 9.59 Å². The van der Waals surface area contributed by atoms with Crippen molar-refractivity contribution in [2.75, 3.05) is 24.5 Å². The Labute approximate surface area is 125 Å². The molecule has 2 aliphatic heterocycles. The van der Waals surface area contributed by atoms with Crippen molar-refractivity contribution < 1.29 is 9.59 Å². The predicted octanol–water partition coefficient (Wildman–Crippen LogP) is 2.36. The molecule has 0 spiro atoms. The highest BCUT2D eigenvalue weighted by molar-refractivity contribution is 6.00. The molecule has 1 aromatic carbocycles. The Balaban J connectivity index is 1.72. The van der Waals surface area contributed by atoms with E-state index in [1.165, 1.54) is 6.42 Å². The molecule has 1 atom stereocenters. The number of hydrogen-bond acceptors (Lipinski definition) is 2. The van der Waals surface area contributed by atoms with Crippen molar-refractivity contribution in [1.82, 2.24) is 4.90 Å². The van der Waals surface area contributed by atoms with Crippen LogP contribution in [0.25, 0.3) is 0 Å². The fourth-order valence-electron chi connectivity index (χ4n) is 3.34. The van der Waals surface area contributed by atoms with E-state index in [-0.39, 0.29) is 17.7 Å². The second kappa shape index (κ2) is 5.88. The maximum atomic E-state index is 12.6. The van der Waals surface area contributed by atoms with Gasteiger partial charge in [-0.25, -0.2) is 0 Å². The molecular formula is C17H22N2O2. The fourth-order valence-corrected chi connectivity index (χ4v) is 3.34. The van der Waals surface area contributed by atoms with Crippen molar-refractivity contribution >= 4 is 17.5 Å². The molecule has 0 N–H and O–H groups in total. The summed E-state index contributed by atoms with van der Waals surface area (Å²) in [6, 6.07) is 7.87. The van der Waals surface area contributed by atoms with Gasteiger partial charge in [0, 0.05) is 31.7 Å². The highest BCUT2D eigenvalue weighted by Crippen LogP contribution is 2.29. The molecule has 2 aliphatic rings. The largest absolute Gasteiger partial charge is 0.342 e. The van der Waals surface area contributed by atoms with Crippen molar-refractivity contribution in [2.24, 2.45) is 5.92 Å². The Morgan fingerprint density at radius 3 is 2.57 bits per heavy atom. The first kappa shape index (κ1) is 14.1. The van der Waals surface area contributed by atoms with Crippen LogP contribution < -0.4 is 4.90 Å². The van der Waals surface area contributed by atoms with E-state index in [1.807, 2.05) is 36.1 Å². The summed E-state index contributed by atoms with van der Waals surface area (Å²) in [5.41, 5.74) is 2.02. The molecule has 112 valence electrons. The number of rotatable bonds is 2. The Bertz CT molecular complexity index is 549. The number of hydrogen-bond donors (Lipinski definition) is 0. The third-order valence-electron chi connectivity index (χ3n) is 4.55. The number of para-hydroxylation sites is 1. The molecule has 0 aliphatic carbocycles. The Morgan fingerprint density at radius 1 is 1.14 bits per heavy atom. The monoisotopic (exact) mass is 286 g/mol. The van der Waals surface area contributed by atoms with Crippen molar-refractivity contribution in [3.8, 4) is 0 Å². The topological polar surface area (TPSA) is 40.6 Å². The first-order valence-electron chi connectivity index (χ1n) is 7.81. The van der Waals surface area contributed by atoms with Crippen molar-refractivity contribution in [1.29, 1.82) is 0 Å². The molecule has 0 aromatic heterocycles. The van der Waals surface area contributed by atoms with Gasteiger partial charge < -0.3 is 9.80 Å². The molecule has 2 heterocycles. The molecule has 4 heteroatoms. The highest BCUT2D eigenvalue weighted by atomic mass is 16.2. The molecule has 3 rings (SSSR count). The number of amides is 2. The summed E-state index contributed by atoms with van der Waals surface area (Å²) in [4.78, 5) is 28.6. The van der Waals surface area contributed by atoms with Crippen molar-refractivity contribution in [3.05, 3.63) is 29.8 Å². The van der Waals surface area contributed by atoms with Gasteiger partial charge in [0.15, 0.2) is 0 Å². The van der Waals surface area contributed by atoms with E-state index >= 15 is 0 Å². The maximum Gasteiger partial charge on any atom is 0.228 e. The fraction of sp³-hybridized carbons (Fsp3) is 0.529. The number of carbonyl (C=O) groups excluding carboxylic acids is 2. The van der Waals surface area contributed by atoms with E-state index in [2.05, 4.69) is 0 Å². The van der Waals surface area contributed by atoms with Gasteiger partial charge in [-0.15, -0.1) is 0 Å². The van der Waals surface area contributed by atoms with E-state index in [1.54, 1.807) is 4.90 Å². The zero-order chi connectivity index (χ0) is 14.8. The smallest absolute Gasteiger partial charge is 0.228 e. The van der Waals surface area contributed by atoms with Gasteiger partial charge in [-0.2, -0.15) is 0 Å². The summed E-state index contributed by atoms with van der Waals surface area (Å²) in [5.74, 6) is 0.0639. The van der Waals surface area contributed by atoms with E-state index < -0.39 is 0 Å². The van der Waals surface area contributed by atoms with Crippen LogP contribution in [0.3, 0.4) is 0 Å². The normalized spacial score (nSPS) is 22.7. The number of anilines is 1. The molecule has 2 fully saturated rings. The summed E-state index contributed by atoms with van der Waals surface area (Å²) in [6.45, 7) is 4.24. The Kier molecular flexibility index (Phi) is 3.95. The van der Waals surface area contributed by atoms with Gasteiger partial charge in [-0.3, -0.25) is 9.59 Å². The number of nitrogens with zero attached hydrogens (tertiary/aromatic N) is 2. The molecule has 1 aromatic rings. The maximum absolute atomic E-state index is 12.6. The predicted molar refractivity (Wildman–Crippen MR) is 82.1 cm³/mol. The standard InChI is InChI=1S/C17H22N2O2/c1-13-7-3-4-8-15(13)19-12-14(11-16(19)20)17(21)18-9-5-2-6-10-18/h3-4,7-8,14H,2,5-6,9-12H2,1H3. The van der Waals surface area contributed by atoms with E-state index in [0.29, 0.717) is 13.0 Å². The van der Waals surface area contributed by atoms with Crippen LogP contribution >= 0.6 is 0 Å². The van der Waals surface area contributed by atoms with Gasteiger partial charge in [-0.1, -0.05) is 18.2 Å². The summed E-state index contributed by atoms with van der Waals surface area (Å²) in [6.07, 6.45) is 3.74. The number of carbonyl (C=O) groups is 2. The molecule has 2 amide bonds. The minimum atomic E-state index is -0.171. The number of likely N-dealkylation sites (tertiary alicyclic amines) is 1. The Hall–Kier alpha value is -1.84. The van der Waals surface area contributed by atoms with Gasteiger partial charge in [0.2, 0.25) is 11.8 Å². The SMILES string of the molecule is Cc1ccccc1N1CC(C(=O)N2CCCCC2)CC1=O. The van der Waals surface area contributed by atoms with Gasteiger partial charge in [0.05, 0.1) is 5.92 Å². The van der Waals surface area contributed by atoms with Gasteiger partial charge in [0.25, 0.3) is 0 Å². The molecule has 1 unspecified atom stereocenters. The molecule has 4 nitrogen and oxygen atoms in total. The molecule has 0 saturated carbocycles. The first-order valence-corrected chi connectivity index (χ1v) is 7.81. The average molecular weight is 286 g/mol. The van der Waals surface area contributed by atoms with Gasteiger partial charge >= 0.3 is 0 Å². The van der Waals surface area contributed by atoms with Crippen LogP contribution in [0.2, 0.25) is 0 Å². The highest BCUT2D eigenvalue weighted by Gasteiger charge is 2.37. The van der Waals surface area contributed by atoms with Crippen LogP contribution in [0, 0.1) is 12.8 Å². The molecule has 2 saturated heterocycles. The van der Waals surface area contributed by atoms with Gasteiger partial charge in [-0.05, 0) is 37.8 Å². The number of aryl methyl sites for hydroxylation is 1. The second-order valence-electron chi connectivity index (χ2n) is 6.08. The van der Waals surface area contributed by atoms with Crippen molar-refractivity contribution in [2.45, 2.75) is 32.6 Å². The lowest BCUT2D eigenvalue weighted by atomic mass is 10.0. The van der Waals surface area contributed by atoms with E-state index in [4.69, 9.17) is 0 Å². The third-order valence-corrected chi connectivity index (χ3v) is 4.55. The summed E-state index contributed by atoms with van der Waals surface area (Å²) < 4.78 is 0. The second-order valence-corrected chi connectivity index (χ2v) is 6.08. The zero-order valence-electron chi connectivity index (χ0n) is 12.5. The molecule has 0 bridgehead atoms. The zero-order valence-corrected chi connectivity index (χ0v) is 12.5. The Morgan fingerprint density at radius 2 is 1.86 bits per heavy atom. The van der Waals surface area contributed by atoms with Crippen LogP contribution in [-0.2, 0) is 9.59 Å². The summed E-state index contributed by atoms with van der Waals surface area (Å²) >= 11 is 0. The quantitative estimate of drug-likeness (QED) is 0.837. The molecular weight excluding hydrogens is 264 g/mol. The van der Waals surface area contributed by atoms with Crippen LogP contribution in [0.4, 0.5) is 5.69 Å². The minimum absolute atomic E-state index is 0.0691. The number of piperidine rings is 1. The lowest BCUT2D eigenvalue weighted by Gasteiger charge is -2.29. The number of benzene rings is 1.